The van der Waals surface area contributed by atoms with E-state index in [1.54, 1.807) is 0 Å². The Kier molecular flexibility index (Phi) is 8.40. The molecule has 0 unspecified atom stereocenters. The molecular weight excluding hydrogens is 456 g/mol. The zero-order valence-corrected chi connectivity index (χ0v) is 22.0. The van der Waals surface area contributed by atoms with Gasteiger partial charge in [-0.25, -0.2) is 0 Å². The van der Waals surface area contributed by atoms with Crippen molar-refractivity contribution < 1.29 is 14.3 Å². The van der Waals surface area contributed by atoms with Crippen LogP contribution in [0.2, 0.25) is 0 Å². The van der Waals surface area contributed by atoms with Gasteiger partial charge in [0.25, 0.3) is 0 Å². The number of carbonyl (C=O) groups excluding carboxylic acids is 1. The SMILES string of the molecule is CCCCCOc1ccc(C(=O)C2=C(c3ccccc3)c3ccc(OC4CCCCC4)cc3CC2)cc1. The van der Waals surface area contributed by atoms with E-state index in [-0.39, 0.29) is 5.78 Å². The van der Waals surface area contributed by atoms with Crippen LogP contribution >= 0.6 is 0 Å². The molecular formula is C34H38O3. The molecule has 3 nitrogen and oxygen atoms in total. The molecule has 3 aromatic carbocycles. The highest BCUT2D eigenvalue weighted by molar-refractivity contribution is 6.15. The van der Waals surface area contributed by atoms with Gasteiger partial charge in [0.2, 0.25) is 0 Å². The molecule has 0 heterocycles. The smallest absolute Gasteiger partial charge is 0.189 e. The molecule has 3 heteroatoms. The van der Waals surface area contributed by atoms with Crippen LogP contribution in [0.3, 0.4) is 0 Å². The number of rotatable bonds is 10. The summed E-state index contributed by atoms with van der Waals surface area (Å²) >= 11 is 0. The number of allylic oxidation sites excluding steroid dienone is 1. The van der Waals surface area contributed by atoms with Crippen molar-refractivity contribution >= 4 is 11.4 Å². The second-order valence-corrected chi connectivity index (χ2v) is 10.3. The van der Waals surface area contributed by atoms with Gasteiger partial charge >= 0.3 is 0 Å². The summed E-state index contributed by atoms with van der Waals surface area (Å²) in [5.41, 5.74) is 6.15. The van der Waals surface area contributed by atoms with Crippen molar-refractivity contribution in [2.75, 3.05) is 6.61 Å². The van der Waals surface area contributed by atoms with Crippen molar-refractivity contribution in [2.45, 2.75) is 77.2 Å². The molecule has 1 saturated carbocycles. The molecule has 0 N–H and O–H groups in total. The minimum absolute atomic E-state index is 0.101. The van der Waals surface area contributed by atoms with E-state index < -0.39 is 0 Å². The molecule has 2 aliphatic rings. The molecule has 2 aliphatic carbocycles. The molecule has 0 bridgehead atoms. The lowest BCUT2D eigenvalue weighted by Crippen LogP contribution is -2.20. The molecule has 0 atom stereocenters. The highest BCUT2D eigenvalue weighted by Gasteiger charge is 2.26. The number of ketones is 1. The predicted molar refractivity (Wildman–Crippen MR) is 151 cm³/mol. The maximum Gasteiger partial charge on any atom is 0.189 e. The van der Waals surface area contributed by atoms with Crippen LogP contribution < -0.4 is 9.47 Å². The van der Waals surface area contributed by atoms with E-state index in [4.69, 9.17) is 9.47 Å². The number of aryl methyl sites for hydroxylation is 1. The van der Waals surface area contributed by atoms with Crippen LogP contribution in [0.25, 0.3) is 5.57 Å². The number of unbranched alkanes of at least 4 members (excludes halogenated alkanes) is 2. The minimum Gasteiger partial charge on any atom is -0.494 e. The summed E-state index contributed by atoms with van der Waals surface area (Å²) < 4.78 is 12.2. The predicted octanol–water partition coefficient (Wildman–Crippen LogP) is 8.60. The third-order valence-corrected chi connectivity index (χ3v) is 7.62. The molecule has 37 heavy (non-hydrogen) atoms. The van der Waals surface area contributed by atoms with E-state index >= 15 is 0 Å². The van der Waals surface area contributed by atoms with E-state index in [9.17, 15) is 4.79 Å². The Morgan fingerprint density at radius 1 is 0.838 bits per heavy atom. The van der Waals surface area contributed by atoms with Gasteiger partial charge in [0.15, 0.2) is 5.78 Å². The Bertz CT molecular complexity index is 1220. The van der Waals surface area contributed by atoms with Crippen molar-refractivity contribution in [3.63, 3.8) is 0 Å². The van der Waals surface area contributed by atoms with E-state index in [0.717, 1.165) is 65.9 Å². The molecule has 192 valence electrons. The number of Topliss-reactive ketones (excluding diaryl/α,β-unsaturated/α-hetero) is 1. The quantitative estimate of drug-likeness (QED) is 0.209. The fourth-order valence-corrected chi connectivity index (χ4v) is 5.60. The molecule has 0 saturated heterocycles. The lowest BCUT2D eigenvalue weighted by atomic mass is 9.79. The van der Waals surface area contributed by atoms with Crippen LogP contribution in [0.1, 0.15) is 91.8 Å². The lowest BCUT2D eigenvalue weighted by Gasteiger charge is -2.26. The average molecular weight is 495 g/mol. The zero-order chi connectivity index (χ0) is 25.5. The van der Waals surface area contributed by atoms with E-state index in [2.05, 4.69) is 37.3 Å². The van der Waals surface area contributed by atoms with Gasteiger partial charge in [-0.1, -0.05) is 62.6 Å². The Morgan fingerprint density at radius 2 is 1.59 bits per heavy atom. The first-order valence-corrected chi connectivity index (χ1v) is 14.1. The van der Waals surface area contributed by atoms with Gasteiger partial charge in [0.1, 0.15) is 11.5 Å². The largest absolute Gasteiger partial charge is 0.494 e. The summed E-state index contributed by atoms with van der Waals surface area (Å²) in [4.78, 5) is 13.8. The van der Waals surface area contributed by atoms with Crippen LogP contribution in [0.5, 0.6) is 11.5 Å². The third kappa shape index (κ3) is 6.15. The molecule has 0 aliphatic heterocycles. The Balaban J connectivity index is 1.42. The van der Waals surface area contributed by atoms with Crippen molar-refractivity contribution in [1.82, 2.24) is 0 Å². The van der Waals surface area contributed by atoms with Crippen LogP contribution in [0.15, 0.2) is 78.4 Å². The molecule has 3 aromatic rings. The number of fused-ring (bicyclic) bond motifs is 1. The van der Waals surface area contributed by atoms with E-state index in [1.165, 1.54) is 37.7 Å². The summed E-state index contributed by atoms with van der Waals surface area (Å²) in [6.45, 7) is 2.90. The summed E-state index contributed by atoms with van der Waals surface area (Å²) in [7, 11) is 0. The lowest BCUT2D eigenvalue weighted by molar-refractivity contribution is 0.103. The van der Waals surface area contributed by atoms with E-state index in [1.807, 2.05) is 42.5 Å². The summed E-state index contributed by atoms with van der Waals surface area (Å²) in [5.74, 6) is 1.89. The maximum absolute atomic E-state index is 13.8. The Morgan fingerprint density at radius 3 is 2.35 bits per heavy atom. The standard InChI is InChI=1S/C34H38O3/c1-2-3-10-23-36-28-18-15-26(16-19-28)34(35)32-21-17-27-24-30(37-29-13-8-5-9-14-29)20-22-31(27)33(32)25-11-6-4-7-12-25/h4,6-7,11-12,15-16,18-20,22,24,29H,2-3,5,8-10,13-14,17,21,23H2,1H3. The number of benzene rings is 3. The Labute approximate surface area is 221 Å². The van der Waals surface area contributed by atoms with Crippen molar-refractivity contribution in [3.05, 3.63) is 101 Å². The topological polar surface area (TPSA) is 35.5 Å². The molecule has 1 fully saturated rings. The molecule has 0 aromatic heterocycles. The van der Waals surface area contributed by atoms with Gasteiger partial charge in [-0.05, 0) is 104 Å². The summed E-state index contributed by atoms with van der Waals surface area (Å²) in [6.07, 6.45) is 11.4. The first kappa shape index (κ1) is 25.3. The maximum atomic E-state index is 13.8. The number of ether oxygens (including phenoxy) is 2. The molecule has 0 amide bonds. The third-order valence-electron chi connectivity index (χ3n) is 7.62. The van der Waals surface area contributed by atoms with Gasteiger partial charge in [0, 0.05) is 11.1 Å². The van der Waals surface area contributed by atoms with Crippen LogP contribution in [0, 0.1) is 0 Å². The van der Waals surface area contributed by atoms with Gasteiger partial charge in [-0.2, -0.15) is 0 Å². The van der Waals surface area contributed by atoms with E-state index in [0.29, 0.717) is 18.3 Å². The molecule has 5 rings (SSSR count). The first-order valence-electron chi connectivity index (χ1n) is 14.1. The Hall–Kier alpha value is -3.33. The van der Waals surface area contributed by atoms with Gasteiger partial charge in [-0.3, -0.25) is 4.79 Å². The van der Waals surface area contributed by atoms with Gasteiger partial charge in [0.05, 0.1) is 12.7 Å². The van der Waals surface area contributed by atoms with Crippen molar-refractivity contribution in [1.29, 1.82) is 0 Å². The number of hydrogen-bond donors (Lipinski definition) is 0. The van der Waals surface area contributed by atoms with Crippen LogP contribution in [0.4, 0.5) is 0 Å². The summed E-state index contributed by atoms with van der Waals surface area (Å²) in [6, 6.07) is 24.5. The van der Waals surface area contributed by atoms with Gasteiger partial charge in [-0.15, -0.1) is 0 Å². The van der Waals surface area contributed by atoms with Gasteiger partial charge < -0.3 is 9.47 Å². The molecule has 0 radical (unpaired) electrons. The van der Waals surface area contributed by atoms with Crippen LogP contribution in [-0.2, 0) is 6.42 Å². The second-order valence-electron chi connectivity index (χ2n) is 10.3. The monoisotopic (exact) mass is 494 g/mol. The van der Waals surface area contributed by atoms with Crippen LogP contribution in [-0.4, -0.2) is 18.5 Å². The van der Waals surface area contributed by atoms with Crippen molar-refractivity contribution in [3.8, 4) is 11.5 Å². The fraction of sp³-hybridized carbons (Fsp3) is 0.382. The highest BCUT2D eigenvalue weighted by atomic mass is 16.5. The highest BCUT2D eigenvalue weighted by Crippen LogP contribution is 2.39. The fourth-order valence-electron chi connectivity index (χ4n) is 5.60. The molecule has 0 spiro atoms. The second kappa shape index (κ2) is 12.3. The average Bonchev–Trinajstić information content (AvgIpc) is 2.95. The van der Waals surface area contributed by atoms with Crippen molar-refractivity contribution in [2.24, 2.45) is 0 Å². The summed E-state index contributed by atoms with van der Waals surface area (Å²) in [5, 5.41) is 0. The number of hydrogen-bond acceptors (Lipinski definition) is 3. The first-order chi connectivity index (χ1) is 18.2. The number of carbonyl (C=O) groups is 1. The minimum atomic E-state index is 0.101. The zero-order valence-electron chi connectivity index (χ0n) is 22.0. The normalized spacial score (nSPS) is 15.8.